The predicted molar refractivity (Wildman–Crippen MR) is 145 cm³/mol. The number of aliphatic hydroxyl groups is 1. The first kappa shape index (κ1) is 34.4. The number of rotatable bonds is 25. The van der Waals surface area contributed by atoms with Crippen molar-refractivity contribution in [3.05, 3.63) is 0 Å². The number of aliphatic carboxylic acids is 1. The second kappa shape index (κ2) is 22.6. The van der Waals surface area contributed by atoms with Crippen LogP contribution in [0, 0.1) is 11.8 Å². The van der Waals surface area contributed by atoms with Crippen LogP contribution in [0.25, 0.3) is 0 Å². The van der Waals surface area contributed by atoms with Crippen LogP contribution in [0.15, 0.2) is 0 Å². The topological polar surface area (TPSA) is 113 Å². The zero-order valence-corrected chi connectivity index (χ0v) is 23.5. The smallest absolute Gasteiger partial charge is 0.328 e. The van der Waals surface area contributed by atoms with Crippen molar-refractivity contribution in [1.29, 1.82) is 0 Å². The van der Waals surface area contributed by atoms with Crippen LogP contribution in [0.4, 0.5) is 0 Å². The van der Waals surface area contributed by atoms with Crippen molar-refractivity contribution >= 4 is 18.3 Å². The van der Waals surface area contributed by atoms with E-state index in [9.17, 15) is 24.6 Å². The lowest BCUT2D eigenvalue weighted by Crippen LogP contribution is -2.41. The zero-order valence-electron chi connectivity index (χ0n) is 23.5. The average molecular weight is 514 g/mol. The average Bonchev–Trinajstić information content (AvgIpc) is 2.81. The Bertz CT molecular complexity index is 568. The van der Waals surface area contributed by atoms with Crippen LogP contribution in [0.1, 0.15) is 137 Å². The zero-order chi connectivity index (χ0) is 27.2. The van der Waals surface area contributed by atoms with E-state index in [-0.39, 0.29) is 12.3 Å². The number of aliphatic hydroxyl groups excluding tert-OH is 1. The van der Waals surface area contributed by atoms with E-state index >= 15 is 0 Å². The Kier molecular flexibility index (Phi) is 21.5. The lowest BCUT2D eigenvalue weighted by atomic mass is 9.90. The van der Waals surface area contributed by atoms with E-state index in [2.05, 4.69) is 19.2 Å². The van der Waals surface area contributed by atoms with E-state index in [1.165, 1.54) is 38.5 Å². The van der Waals surface area contributed by atoms with E-state index in [1.54, 1.807) is 0 Å². The summed E-state index contributed by atoms with van der Waals surface area (Å²) in [6.07, 6.45) is 14.7. The third-order valence-corrected chi connectivity index (χ3v) is 6.83. The van der Waals surface area contributed by atoms with E-state index in [4.69, 9.17) is 4.74 Å². The molecule has 0 aromatic heterocycles. The van der Waals surface area contributed by atoms with Crippen LogP contribution in [-0.2, 0) is 19.1 Å². The molecule has 0 saturated heterocycles. The Hall–Kier alpha value is -1.63. The molecule has 0 aliphatic carbocycles. The molecular weight excluding hydrogens is 458 g/mol. The molecule has 7 heteroatoms. The first-order chi connectivity index (χ1) is 17.3. The summed E-state index contributed by atoms with van der Waals surface area (Å²) >= 11 is 0. The van der Waals surface area contributed by atoms with E-state index in [0.29, 0.717) is 25.7 Å². The van der Waals surface area contributed by atoms with Crippen LogP contribution in [0.3, 0.4) is 0 Å². The fraction of sp³-hybridized carbons (Fsp3) is 0.897. The Balaban J connectivity index is 4.99. The van der Waals surface area contributed by atoms with Crippen LogP contribution >= 0.6 is 0 Å². The number of carbonyl (C=O) groups excluding carboxylic acids is 2. The fourth-order valence-corrected chi connectivity index (χ4v) is 4.64. The maximum Gasteiger partial charge on any atom is 0.328 e. The molecule has 1 amide bonds. The standard InChI is InChI=1S/C29H55NO6/c1-5-7-9-11-12-13-14-15-16-18-24(36-29(35)26(30-22-31)20-23(3)4)21-27(32)25(28(33)34)19-17-10-8-6-2/h22-27,32H,5-21H2,1-4H3,(H,30,31)(H,33,34)/t24?,25?,26-,27?/m0/s1. The first-order valence-electron chi connectivity index (χ1n) is 14.6. The summed E-state index contributed by atoms with van der Waals surface area (Å²) in [6, 6.07) is -0.741. The molecule has 0 aliphatic heterocycles. The minimum absolute atomic E-state index is 0.100. The van der Waals surface area contributed by atoms with Crippen molar-refractivity contribution in [3.8, 4) is 0 Å². The summed E-state index contributed by atoms with van der Waals surface area (Å²) in [5.41, 5.74) is 0. The molecule has 3 N–H and O–H groups in total. The molecular formula is C29H55NO6. The van der Waals surface area contributed by atoms with Gasteiger partial charge < -0.3 is 20.3 Å². The molecule has 0 heterocycles. The number of amides is 1. The summed E-state index contributed by atoms with van der Waals surface area (Å²) in [7, 11) is 0. The van der Waals surface area contributed by atoms with Gasteiger partial charge in [-0.3, -0.25) is 9.59 Å². The third-order valence-electron chi connectivity index (χ3n) is 6.83. The molecule has 0 aliphatic rings. The minimum atomic E-state index is -1.08. The third kappa shape index (κ3) is 17.7. The second-order valence-electron chi connectivity index (χ2n) is 10.7. The molecule has 0 aromatic carbocycles. The molecule has 212 valence electrons. The van der Waals surface area contributed by atoms with Gasteiger partial charge in [0, 0.05) is 6.42 Å². The van der Waals surface area contributed by atoms with Gasteiger partial charge in [-0.2, -0.15) is 0 Å². The summed E-state index contributed by atoms with van der Waals surface area (Å²) in [6.45, 7) is 8.24. The SMILES string of the molecule is CCCCCCCCCCCC(CC(O)C(CCCCCC)C(=O)O)OC(=O)[C@H](CC(C)C)NC=O. The minimum Gasteiger partial charge on any atom is -0.481 e. The van der Waals surface area contributed by atoms with Gasteiger partial charge in [-0.15, -0.1) is 0 Å². The van der Waals surface area contributed by atoms with Crippen LogP contribution in [0.5, 0.6) is 0 Å². The van der Waals surface area contributed by atoms with Crippen molar-refractivity contribution in [2.45, 2.75) is 155 Å². The van der Waals surface area contributed by atoms with Crippen LogP contribution in [-0.4, -0.2) is 46.8 Å². The number of carboxylic acids is 1. The van der Waals surface area contributed by atoms with Gasteiger partial charge in [0.05, 0.1) is 12.0 Å². The molecule has 0 bridgehead atoms. The maximum absolute atomic E-state index is 12.8. The van der Waals surface area contributed by atoms with Crippen molar-refractivity contribution in [2.75, 3.05) is 0 Å². The number of esters is 1. The van der Waals surface area contributed by atoms with Gasteiger partial charge in [0.25, 0.3) is 0 Å². The Morgan fingerprint density at radius 2 is 1.31 bits per heavy atom. The highest BCUT2D eigenvalue weighted by Crippen LogP contribution is 2.23. The molecule has 0 saturated carbocycles. The van der Waals surface area contributed by atoms with Gasteiger partial charge in [-0.25, -0.2) is 4.79 Å². The van der Waals surface area contributed by atoms with Crippen LogP contribution in [0.2, 0.25) is 0 Å². The molecule has 0 rings (SSSR count). The van der Waals surface area contributed by atoms with Crippen molar-refractivity contribution in [1.82, 2.24) is 5.32 Å². The lowest BCUT2D eigenvalue weighted by molar-refractivity contribution is -0.156. The van der Waals surface area contributed by atoms with E-state index in [0.717, 1.165) is 44.9 Å². The molecule has 0 fully saturated rings. The van der Waals surface area contributed by atoms with Gasteiger partial charge in [-0.1, -0.05) is 105 Å². The number of hydrogen-bond donors (Lipinski definition) is 3. The molecule has 0 aromatic rings. The number of carboxylic acid groups (broad SMARTS) is 1. The van der Waals surface area contributed by atoms with E-state index < -0.39 is 36.1 Å². The van der Waals surface area contributed by atoms with Gasteiger partial charge in [0.15, 0.2) is 0 Å². The number of hydrogen-bond acceptors (Lipinski definition) is 5. The molecule has 3 unspecified atom stereocenters. The highest BCUT2D eigenvalue weighted by Gasteiger charge is 2.31. The molecule has 0 spiro atoms. The molecule has 0 radical (unpaired) electrons. The normalized spacial score (nSPS) is 14.7. The number of carbonyl (C=O) groups is 3. The highest BCUT2D eigenvalue weighted by atomic mass is 16.5. The summed E-state index contributed by atoms with van der Waals surface area (Å²) in [5.74, 6) is -2.20. The quantitative estimate of drug-likeness (QED) is 0.0739. The summed E-state index contributed by atoms with van der Waals surface area (Å²) < 4.78 is 5.77. The first-order valence-corrected chi connectivity index (χ1v) is 14.6. The van der Waals surface area contributed by atoms with Gasteiger partial charge in [0.1, 0.15) is 12.1 Å². The summed E-state index contributed by atoms with van der Waals surface area (Å²) in [5, 5.41) is 23.0. The monoisotopic (exact) mass is 513 g/mol. The van der Waals surface area contributed by atoms with Crippen LogP contribution < -0.4 is 5.32 Å². The van der Waals surface area contributed by atoms with E-state index in [1.807, 2.05) is 13.8 Å². The molecule has 36 heavy (non-hydrogen) atoms. The fourth-order valence-electron chi connectivity index (χ4n) is 4.64. The van der Waals surface area contributed by atoms with Crippen molar-refractivity contribution in [3.63, 3.8) is 0 Å². The molecule has 7 nitrogen and oxygen atoms in total. The largest absolute Gasteiger partial charge is 0.481 e. The number of unbranched alkanes of at least 4 members (excludes halogenated alkanes) is 11. The Morgan fingerprint density at radius 1 is 0.806 bits per heavy atom. The number of ether oxygens (including phenoxy) is 1. The van der Waals surface area contributed by atoms with Gasteiger partial charge >= 0.3 is 11.9 Å². The Labute approximate surface area is 220 Å². The van der Waals surface area contributed by atoms with Crippen molar-refractivity contribution in [2.24, 2.45) is 11.8 Å². The maximum atomic E-state index is 12.8. The van der Waals surface area contributed by atoms with Gasteiger partial charge in [0.2, 0.25) is 6.41 Å². The highest BCUT2D eigenvalue weighted by molar-refractivity contribution is 5.78. The Morgan fingerprint density at radius 3 is 1.81 bits per heavy atom. The van der Waals surface area contributed by atoms with Gasteiger partial charge in [-0.05, 0) is 31.6 Å². The number of nitrogens with one attached hydrogen (secondary N) is 1. The second-order valence-corrected chi connectivity index (χ2v) is 10.7. The predicted octanol–water partition coefficient (Wildman–Crippen LogP) is 6.40. The lowest BCUT2D eigenvalue weighted by Gasteiger charge is -2.26. The van der Waals surface area contributed by atoms with Crippen molar-refractivity contribution < 1.29 is 29.3 Å². The summed E-state index contributed by atoms with van der Waals surface area (Å²) in [4.78, 5) is 35.7. The molecule has 4 atom stereocenters.